The van der Waals surface area contributed by atoms with E-state index in [0.717, 1.165) is 0 Å². The van der Waals surface area contributed by atoms with Gasteiger partial charge in [0, 0.05) is 38.8 Å². The predicted octanol–water partition coefficient (Wildman–Crippen LogP) is 0.567. The minimum Gasteiger partial charge on any atom is -0.366 e. The Morgan fingerprint density at radius 2 is 2.00 bits per heavy atom. The maximum absolute atomic E-state index is 12.3. The molecule has 0 radical (unpaired) electrons. The number of aryl methyl sites for hydroxylation is 2. The van der Waals surface area contributed by atoms with Gasteiger partial charge in [-0.1, -0.05) is 0 Å². The first-order valence-electron chi connectivity index (χ1n) is 7.04. The molecular weight excluding hydrogens is 310 g/mol. The van der Waals surface area contributed by atoms with Gasteiger partial charge in [0.25, 0.3) is 5.91 Å². The molecule has 0 saturated heterocycles. The molecule has 0 atom stereocenters. The first kappa shape index (κ1) is 15.4. The van der Waals surface area contributed by atoms with Gasteiger partial charge in [-0.05, 0) is 12.1 Å². The van der Waals surface area contributed by atoms with E-state index in [-0.39, 0.29) is 11.3 Å². The van der Waals surface area contributed by atoms with Crippen LogP contribution in [0.1, 0.15) is 20.8 Å². The smallest absolute Gasteiger partial charge is 0.275 e. The van der Waals surface area contributed by atoms with E-state index in [0.29, 0.717) is 17.3 Å². The van der Waals surface area contributed by atoms with Crippen molar-refractivity contribution in [2.24, 2.45) is 19.8 Å². The summed E-state index contributed by atoms with van der Waals surface area (Å²) >= 11 is 0. The summed E-state index contributed by atoms with van der Waals surface area (Å²) < 4.78 is 3.37. The van der Waals surface area contributed by atoms with E-state index in [1.54, 1.807) is 24.0 Å². The van der Waals surface area contributed by atoms with Crippen molar-refractivity contribution in [1.82, 2.24) is 24.3 Å². The van der Waals surface area contributed by atoms with E-state index in [9.17, 15) is 9.59 Å². The zero-order chi connectivity index (χ0) is 17.3. The van der Waals surface area contributed by atoms with E-state index in [4.69, 9.17) is 5.73 Å². The minimum atomic E-state index is -0.596. The standard InChI is InChI=1S/C15H15N7O2/c1-21-6-5-17-14(21)11-7-12(22(2)20-11)19-15(24)10-4-3-9(8-18-10)13(16)23/h3-8H,1-2H3,(H2,16,23)(H,19,24). The molecule has 0 aliphatic carbocycles. The number of imidazole rings is 1. The van der Waals surface area contributed by atoms with E-state index in [2.05, 4.69) is 20.4 Å². The van der Waals surface area contributed by atoms with Gasteiger partial charge in [-0.25, -0.2) is 4.98 Å². The quantitative estimate of drug-likeness (QED) is 0.726. The van der Waals surface area contributed by atoms with Crippen LogP contribution in [0.15, 0.2) is 36.8 Å². The third-order valence-corrected chi connectivity index (χ3v) is 3.45. The van der Waals surface area contributed by atoms with Crippen LogP contribution in [0, 0.1) is 0 Å². The highest BCUT2D eigenvalue weighted by atomic mass is 16.2. The molecule has 0 bridgehead atoms. The minimum absolute atomic E-state index is 0.166. The zero-order valence-electron chi connectivity index (χ0n) is 13.1. The summed E-state index contributed by atoms with van der Waals surface area (Å²) in [6.45, 7) is 0. The van der Waals surface area contributed by atoms with Crippen LogP contribution in [0.3, 0.4) is 0 Å². The number of aromatic nitrogens is 5. The van der Waals surface area contributed by atoms with Gasteiger partial charge in [0.05, 0.1) is 5.56 Å². The monoisotopic (exact) mass is 325 g/mol. The summed E-state index contributed by atoms with van der Waals surface area (Å²) in [4.78, 5) is 31.4. The van der Waals surface area contributed by atoms with Crippen LogP contribution in [0.4, 0.5) is 5.82 Å². The number of pyridine rings is 1. The molecule has 9 heteroatoms. The topological polar surface area (TPSA) is 121 Å². The van der Waals surface area contributed by atoms with Crippen LogP contribution in [0.25, 0.3) is 11.5 Å². The maximum Gasteiger partial charge on any atom is 0.275 e. The van der Waals surface area contributed by atoms with Gasteiger partial charge in [0.2, 0.25) is 5.91 Å². The van der Waals surface area contributed by atoms with Crippen LogP contribution < -0.4 is 11.1 Å². The molecule has 0 unspecified atom stereocenters. The molecule has 24 heavy (non-hydrogen) atoms. The van der Waals surface area contributed by atoms with Gasteiger partial charge in [0.15, 0.2) is 5.82 Å². The first-order valence-corrected chi connectivity index (χ1v) is 7.04. The summed E-state index contributed by atoms with van der Waals surface area (Å²) in [6, 6.07) is 4.61. The number of carbonyl (C=O) groups excluding carboxylic acids is 2. The van der Waals surface area contributed by atoms with Crippen molar-refractivity contribution in [1.29, 1.82) is 0 Å². The van der Waals surface area contributed by atoms with Gasteiger partial charge >= 0.3 is 0 Å². The van der Waals surface area contributed by atoms with Crippen molar-refractivity contribution in [3.8, 4) is 11.5 Å². The highest BCUT2D eigenvalue weighted by Gasteiger charge is 2.15. The molecule has 0 aromatic carbocycles. The molecule has 122 valence electrons. The lowest BCUT2D eigenvalue weighted by Gasteiger charge is -2.04. The van der Waals surface area contributed by atoms with Crippen molar-refractivity contribution >= 4 is 17.6 Å². The number of nitrogens with two attached hydrogens (primary N) is 1. The summed E-state index contributed by atoms with van der Waals surface area (Å²) in [6.07, 6.45) is 4.75. The average Bonchev–Trinajstić information content (AvgIpc) is 3.13. The van der Waals surface area contributed by atoms with Gasteiger partial charge in [-0.2, -0.15) is 5.10 Å². The molecule has 3 heterocycles. The van der Waals surface area contributed by atoms with Crippen molar-refractivity contribution in [2.75, 3.05) is 5.32 Å². The SMILES string of the molecule is Cn1ccnc1-c1cc(NC(=O)c2ccc(C(N)=O)cn2)n(C)n1. The molecule has 3 aromatic rings. The Morgan fingerprint density at radius 1 is 1.21 bits per heavy atom. The normalized spacial score (nSPS) is 10.6. The number of primary amides is 1. The highest BCUT2D eigenvalue weighted by Crippen LogP contribution is 2.19. The van der Waals surface area contributed by atoms with Crippen LogP contribution >= 0.6 is 0 Å². The fourth-order valence-electron chi connectivity index (χ4n) is 2.16. The molecule has 9 nitrogen and oxygen atoms in total. The van der Waals surface area contributed by atoms with Crippen molar-refractivity contribution in [3.05, 3.63) is 48.0 Å². The zero-order valence-corrected chi connectivity index (χ0v) is 13.1. The summed E-state index contributed by atoms with van der Waals surface area (Å²) in [5.74, 6) is 0.176. The second kappa shape index (κ2) is 5.95. The number of nitrogens with zero attached hydrogens (tertiary/aromatic N) is 5. The lowest BCUT2D eigenvalue weighted by molar-refractivity contribution is 0.0993. The molecule has 3 N–H and O–H groups in total. The van der Waals surface area contributed by atoms with Crippen LogP contribution in [0.2, 0.25) is 0 Å². The largest absolute Gasteiger partial charge is 0.366 e. The van der Waals surface area contributed by atoms with Crippen molar-refractivity contribution in [2.45, 2.75) is 0 Å². The van der Waals surface area contributed by atoms with Crippen molar-refractivity contribution in [3.63, 3.8) is 0 Å². The second-order valence-electron chi connectivity index (χ2n) is 5.15. The molecule has 0 aliphatic rings. The van der Waals surface area contributed by atoms with Gasteiger partial charge in [-0.15, -0.1) is 0 Å². The molecular formula is C15H15N7O2. The lowest BCUT2D eigenvalue weighted by Crippen LogP contribution is -2.17. The fraction of sp³-hybridized carbons (Fsp3) is 0.133. The van der Waals surface area contributed by atoms with Crippen LogP contribution in [-0.2, 0) is 14.1 Å². The van der Waals surface area contributed by atoms with E-state index in [1.807, 2.05) is 17.8 Å². The Kier molecular flexibility index (Phi) is 3.82. The molecule has 0 aliphatic heterocycles. The number of carbonyl (C=O) groups is 2. The van der Waals surface area contributed by atoms with E-state index in [1.165, 1.54) is 18.3 Å². The third-order valence-electron chi connectivity index (χ3n) is 3.45. The fourth-order valence-corrected chi connectivity index (χ4v) is 2.16. The first-order chi connectivity index (χ1) is 11.5. The van der Waals surface area contributed by atoms with E-state index >= 15 is 0 Å². The Bertz CT molecular complexity index is 908. The van der Waals surface area contributed by atoms with Crippen LogP contribution in [-0.4, -0.2) is 36.1 Å². The Labute approximate surface area is 137 Å². The highest BCUT2D eigenvalue weighted by molar-refractivity contribution is 6.03. The van der Waals surface area contributed by atoms with Gasteiger partial charge < -0.3 is 15.6 Å². The maximum atomic E-state index is 12.3. The average molecular weight is 325 g/mol. The van der Waals surface area contributed by atoms with Crippen LogP contribution in [0.5, 0.6) is 0 Å². The number of hydrogen-bond acceptors (Lipinski definition) is 5. The Morgan fingerprint density at radius 3 is 2.58 bits per heavy atom. The van der Waals surface area contributed by atoms with Crippen molar-refractivity contribution < 1.29 is 9.59 Å². The summed E-state index contributed by atoms with van der Waals surface area (Å²) in [7, 11) is 3.57. The number of amides is 2. The third kappa shape index (κ3) is 2.86. The number of nitrogens with one attached hydrogen (secondary N) is 1. The molecule has 2 amide bonds. The summed E-state index contributed by atoms with van der Waals surface area (Å²) in [5, 5.41) is 7.06. The number of rotatable bonds is 4. The predicted molar refractivity (Wildman–Crippen MR) is 86.1 cm³/mol. The molecule has 3 rings (SSSR count). The molecule has 3 aromatic heterocycles. The molecule has 0 saturated carbocycles. The lowest BCUT2D eigenvalue weighted by atomic mass is 10.2. The number of anilines is 1. The second-order valence-corrected chi connectivity index (χ2v) is 5.15. The van der Waals surface area contributed by atoms with Gasteiger partial charge in [-0.3, -0.25) is 19.3 Å². The van der Waals surface area contributed by atoms with E-state index < -0.39 is 11.8 Å². The Balaban J connectivity index is 1.81. The van der Waals surface area contributed by atoms with Gasteiger partial charge in [0.1, 0.15) is 17.2 Å². The number of hydrogen-bond donors (Lipinski definition) is 2. The Hall–Kier alpha value is -3.49. The summed E-state index contributed by atoms with van der Waals surface area (Å²) in [5.41, 5.74) is 6.19. The molecule has 0 fully saturated rings. The molecule has 0 spiro atoms.